The molecule has 0 atom stereocenters. The van der Waals surface area contributed by atoms with Crippen LogP contribution in [0.1, 0.15) is 5.56 Å². The fraction of sp³-hybridized carbons (Fsp3) is 0. The van der Waals surface area contributed by atoms with Crippen molar-refractivity contribution in [2.24, 2.45) is 0 Å². The molecule has 0 spiro atoms. The third-order valence-electron chi connectivity index (χ3n) is 3.79. The van der Waals surface area contributed by atoms with Crippen LogP contribution in [0.15, 0.2) is 83.3 Å². The van der Waals surface area contributed by atoms with Crippen LogP contribution in [0.4, 0.5) is 0 Å². The van der Waals surface area contributed by atoms with Crippen LogP contribution in [0, 0.1) is 11.3 Å². The summed E-state index contributed by atoms with van der Waals surface area (Å²) in [6.07, 6.45) is 0. The minimum atomic E-state index is 0.0602. The van der Waals surface area contributed by atoms with Crippen LogP contribution in [0.3, 0.4) is 0 Å². The van der Waals surface area contributed by atoms with E-state index in [1.165, 1.54) is 4.46 Å². The average molecular weight is 374 g/mol. The Morgan fingerprint density at radius 2 is 1.50 bits per heavy atom. The van der Waals surface area contributed by atoms with Crippen molar-refractivity contribution in [2.45, 2.75) is 0 Å². The number of furan rings is 1. The van der Waals surface area contributed by atoms with E-state index in [4.69, 9.17) is 4.42 Å². The van der Waals surface area contributed by atoms with Crippen LogP contribution in [-0.4, -0.2) is 15.0 Å². The molecule has 0 bridgehead atoms. The first-order valence-electron chi connectivity index (χ1n) is 7.61. The molecule has 1 heterocycles. The first-order valence-corrected chi connectivity index (χ1v) is 9.32. The Hall–Kier alpha value is -2.79. The molecule has 1 aromatic heterocycles. The van der Waals surface area contributed by atoms with Crippen molar-refractivity contribution in [2.75, 3.05) is 0 Å². The minimum absolute atomic E-state index is 0.0602. The quantitative estimate of drug-likeness (QED) is 0.514. The Labute approximate surface area is 146 Å². The second-order valence-electron chi connectivity index (χ2n) is 5.33. The number of nitriles is 1. The summed E-state index contributed by atoms with van der Waals surface area (Å²) in [5.41, 5.74) is 2.50. The molecule has 0 aliphatic heterocycles. The van der Waals surface area contributed by atoms with Crippen LogP contribution in [0.25, 0.3) is 22.3 Å². The molecule has 0 fully saturated rings. The average Bonchev–Trinajstić information content (AvgIpc) is 3.02. The predicted octanol–water partition coefficient (Wildman–Crippen LogP) is 3.63. The molecule has 0 aliphatic rings. The van der Waals surface area contributed by atoms with Crippen molar-refractivity contribution in [3.8, 4) is 17.4 Å². The monoisotopic (exact) mass is 375 g/mol. The third-order valence-corrected chi connectivity index (χ3v) is 6.10. The van der Waals surface area contributed by atoms with Gasteiger partial charge in [0.1, 0.15) is 0 Å². The molecular weight excluding hydrogens is 361 g/mol. The van der Waals surface area contributed by atoms with Crippen molar-refractivity contribution in [3.63, 3.8) is 0 Å². The van der Waals surface area contributed by atoms with Gasteiger partial charge in [-0.25, -0.2) is 0 Å². The van der Waals surface area contributed by atoms with Crippen LogP contribution in [0.5, 0.6) is 0 Å². The topological polar surface area (TPSA) is 36.9 Å². The van der Waals surface area contributed by atoms with Crippen LogP contribution >= 0.6 is 0 Å². The van der Waals surface area contributed by atoms with Crippen LogP contribution in [0.2, 0.25) is 0 Å². The molecule has 24 heavy (non-hydrogen) atoms. The molecule has 0 N–H and O–H groups in total. The second kappa shape index (κ2) is 6.37. The van der Waals surface area contributed by atoms with Gasteiger partial charge in [0.25, 0.3) is 0 Å². The summed E-state index contributed by atoms with van der Waals surface area (Å²) in [7, 11) is 0. The number of benzene rings is 3. The molecule has 0 amide bonds. The molecule has 4 aromatic rings. The summed E-state index contributed by atoms with van der Waals surface area (Å²) >= 11 is 0.0602. The standard InChI is InChI=1S/C21H13NOSe/c22-14-16-10-7-13-18-19(16)21(24-17-11-5-2-6-12-17)20(23-18)15-8-3-1-4-9-15/h1-13H. The van der Waals surface area contributed by atoms with E-state index in [1.54, 1.807) is 0 Å². The van der Waals surface area contributed by atoms with E-state index in [0.717, 1.165) is 26.8 Å². The number of rotatable bonds is 3. The molecule has 3 heteroatoms. The van der Waals surface area contributed by atoms with Gasteiger partial charge in [-0.1, -0.05) is 0 Å². The second-order valence-corrected chi connectivity index (χ2v) is 7.61. The van der Waals surface area contributed by atoms with Crippen molar-refractivity contribution < 1.29 is 4.42 Å². The SMILES string of the molecule is N#Cc1cccc2oc(-c3ccccc3)c([Se]c3ccccc3)c12. The van der Waals surface area contributed by atoms with Crippen molar-refractivity contribution in [3.05, 3.63) is 84.4 Å². The van der Waals surface area contributed by atoms with Gasteiger partial charge in [0.15, 0.2) is 0 Å². The van der Waals surface area contributed by atoms with Gasteiger partial charge < -0.3 is 0 Å². The first kappa shape index (κ1) is 14.8. The maximum atomic E-state index is 9.52. The number of fused-ring (bicyclic) bond motifs is 1. The Bertz CT molecular complexity index is 1030. The molecule has 0 saturated heterocycles. The third kappa shape index (κ3) is 2.63. The summed E-state index contributed by atoms with van der Waals surface area (Å²) in [4.78, 5) is 0. The zero-order chi connectivity index (χ0) is 16.4. The maximum absolute atomic E-state index is 9.52. The Balaban J connectivity index is 1.98. The van der Waals surface area contributed by atoms with Gasteiger partial charge in [0.05, 0.1) is 0 Å². The Morgan fingerprint density at radius 1 is 0.792 bits per heavy atom. The summed E-state index contributed by atoms with van der Waals surface area (Å²) < 4.78 is 8.56. The number of hydrogen-bond acceptors (Lipinski definition) is 2. The predicted molar refractivity (Wildman–Crippen MR) is 97.8 cm³/mol. The zero-order valence-electron chi connectivity index (χ0n) is 12.8. The summed E-state index contributed by atoms with van der Waals surface area (Å²) in [6, 6.07) is 28.5. The van der Waals surface area contributed by atoms with Gasteiger partial charge in [-0.2, -0.15) is 0 Å². The Morgan fingerprint density at radius 3 is 2.21 bits per heavy atom. The molecule has 3 aromatic carbocycles. The van der Waals surface area contributed by atoms with E-state index in [1.807, 2.05) is 66.7 Å². The van der Waals surface area contributed by atoms with Gasteiger partial charge in [-0.15, -0.1) is 0 Å². The summed E-state index contributed by atoms with van der Waals surface area (Å²) in [5.74, 6) is 0.872. The van der Waals surface area contributed by atoms with Crippen molar-refractivity contribution >= 4 is 34.8 Å². The molecule has 114 valence electrons. The molecule has 0 unspecified atom stereocenters. The van der Waals surface area contributed by atoms with Crippen molar-refractivity contribution in [1.82, 2.24) is 0 Å². The number of hydrogen-bond donors (Lipinski definition) is 0. The fourth-order valence-corrected chi connectivity index (χ4v) is 4.99. The van der Waals surface area contributed by atoms with E-state index in [-0.39, 0.29) is 15.0 Å². The van der Waals surface area contributed by atoms with Gasteiger partial charge in [0.2, 0.25) is 0 Å². The fourth-order valence-electron chi connectivity index (χ4n) is 2.70. The summed E-state index contributed by atoms with van der Waals surface area (Å²) in [5, 5.41) is 10.5. The van der Waals surface area contributed by atoms with E-state index in [0.29, 0.717) is 5.56 Å². The Kier molecular flexibility index (Phi) is 3.92. The van der Waals surface area contributed by atoms with Gasteiger partial charge in [-0.05, 0) is 0 Å². The van der Waals surface area contributed by atoms with E-state index < -0.39 is 0 Å². The van der Waals surface area contributed by atoms with Gasteiger partial charge in [0, 0.05) is 0 Å². The van der Waals surface area contributed by atoms with Gasteiger partial charge in [-0.3, -0.25) is 0 Å². The van der Waals surface area contributed by atoms with Gasteiger partial charge >= 0.3 is 146 Å². The molecular formula is C21H13NOSe. The normalized spacial score (nSPS) is 10.6. The molecule has 0 radical (unpaired) electrons. The van der Waals surface area contributed by atoms with Crippen LogP contribution in [-0.2, 0) is 0 Å². The van der Waals surface area contributed by atoms with E-state index >= 15 is 0 Å². The molecule has 0 saturated carbocycles. The van der Waals surface area contributed by atoms with Crippen molar-refractivity contribution in [1.29, 1.82) is 5.26 Å². The molecule has 2 nitrogen and oxygen atoms in total. The van der Waals surface area contributed by atoms with E-state index in [9.17, 15) is 5.26 Å². The first-order chi connectivity index (χ1) is 11.9. The molecule has 0 aliphatic carbocycles. The molecule has 4 rings (SSSR count). The summed E-state index contributed by atoms with van der Waals surface area (Å²) in [6.45, 7) is 0. The van der Waals surface area contributed by atoms with E-state index in [2.05, 4.69) is 18.2 Å². The zero-order valence-corrected chi connectivity index (χ0v) is 14.5. The number of nitrogens with zero attached hydrogens (tertiary/aromatic N) is 1. The van der Waals surface area contributed by atoms with Crippen LogP contribution < -0.4 is 8.92 Å².